The summed E-state index contributed by atoms with van der Waals surface area (Å²) in [7, 11) is 0. The molecule has 0 spiro atoms. The van der Waals surface area contributed by atoms with Gasteiger partial charge in [0, 0.05) is 23.0 Å². The average molecular weight is 512 g/mol. The van der Waals surface area contributed by atoms with Gasteiger partial charge in [-0.25, -0.2) is 0 Å². The molecule has 0 saturated heterocycles. The van der Waals surface area contributed by atoms with Crippen LogP contribution in [-0.4, -0.2) is 4.98 Å². The molecule has 2 aliphatic rings. The van der Waals surface area contributed by atoms with Crippen molar-refractivity contribution in [3.05, 3.63) is 150 Å². The lowest BCUT2D eigenvalue weighted by Crippen LogP contribution is -2.14. The summed E-state index contributed by atoms with van der Waals surface area (Å²) >= 11 is 0. The molecule has 0 saturated carbocycles. The molecule has 0 bridgehead atoms. The molecule has 0 unspecified atom stereocenters. The summed E-state index contributed by atoms with van der Waals surface area (Å²) in [4.78, 5) is 5.10. The maximum Gasteiger partial charge on any atom is 0.0705 e. The first-order valence-electron chi connectivity index (χ1n) is 14.1. The molecule has 0 radical (unpaired) electrons. The van der Waals surface area contributed by atoms with Crippen molar-refractivity contribution in [1.82, 2.24) is 4.98 Å². The number of benzene rings is 5. The van der Waals surface area contributed by atoms with Gasteiger partial charge in [0.25, 0.3) is 0 Å². The van der Waals surface area contributed by atoms with E-state index in [1.807, 2.05) is 0 Å². The molecular weight excluding hydrogens is 482 g/mol. The van der Waals surface area contributed by atoms with Crippen molar-refractivity contribution in [2.75, 3.05) is 0 Å². The molecule has 190 valence electrons. The van der Waals surface area contributed by atoms with E-state index in [1.54, 1.807) is 0 Å². The Morgan fingerprint density at radius 3 is 2.02 bits per heavy atom. The quantitative estimate of drug-likeness (QED) is 0.230. The van der Waals surface area contributed by atoms with Gasteiger partial charge in [-0.05, 0) is 73.8 Å². The van der Waals surface area contributed by atoms with Crippen LogP contribution in [0.4, 0.5) is 0 Å². The third-order valence-electron chi connectivity index (χ3n) is 8.94. The summed E-state index contributed by atoms with van der Waals surface area (Å²) in [6.45, 7) is 4.69. The fraction of sp³-hybridized carbons (Fsp3) is 0.103. The van der Waals surface area contributed by atoms with Crippen molar-refractivity contribution in [2.24, 2.45) is 0 Å². The van der Waals surface area contributed by atoms with E-state index in [4.69, 9.17) is 4.98 Å². The van der Waals surface area contributed by atoms with E-state index in [9.17, 15) is 0 Å². The number of rotatable bonds is 3. The van der Waals surface area contributed by atoms with Gasteiger partial charge in [-0.1, -0.05) is 123 Å². The molecule has 0 amide bonds. The maximum absolute atomic E-state index is 5.10. The van der Waals surface area contributed by atoms with E-state index in [2.05, 4.69) is 141 Å². The Morgan fingerprint density at radius 2 is 1.12 bits per heavy atom. The fourth-order valence-electron chi connectivity index (χ4n) is 6.87. The lowest BCUT2D eigenvalue weighted by atomic mass is 9.81. The van der Waals surface area contributed by atoms with Crippen LogP contribution in [0.5, 0.6) is 0 Å². The van der Waals surface area contributed by atoms with Crippen molar-refractivity contribution in [1.29, 1.82) is 0 Å². The Hall–Kier alpha value is -4.75. The van der Waals surface area contributed by atoms with Crippen LogP contribution in [0.3, 0.4) is 0 Å². The molecule has 1 aromatic heterocycles. The molecule has 8 rings (SSSR count). The third-order valence-corrected chi connectivity index (χ3v) is 8.94. The second-order valence-corrected chi connectivity index (χ2v) is 11.6. The number of nitrogens with zero attached hydrogens (tertiary/aromatic N) is 1. The Morgan fingerprint density at radius 1 is 0.475 bits per heavy atom. The molecule has 40 heavy (non-hydrogen) atoms. The molecule has 0 aliphatic heterocycles. The Labute approximate surface area is 235 Å². The minimum Gasteiger partial charge on any atom is -0.252 e. The van der Waals surface area contributed by atoms with Gasteiger partial charge in [-0.2, -0.15) is 0 Å². The molecular formula is C39H29N. The SMILES string of the molecule is CC1(C)c2ccccc2-c2ccc(-c3cccc(-c4cccc5c4Cc4nc(-c6ccccc6)ccc4-5)c3)cc21. The lowest BCUT2D eigenvalue weighted by molar-refractivity contribution is 0.660. The van der Waals surface area contributed by atoms with Crippen LogP contribution >= 0.6 is 0 Å². The molecule has 6 aromatic rings. The summed E-state index contributed by atoms with van der Waals surface area (Å²) in [5, 5.41) is 0. The number of pyridine rings is 1. The Kier molecular flexibility index (Phi) is 5.00. The number of hydrogen-bond acceptors (Lipinski definition) is 1. The lowest BCUT2D eigenvalue weighted by Gasteiger charge is -2.22. The molecule has 2 aliphatic carbocycles. The highest BCUT2D eigenvalue weighted by Gasteiger charge is 2.35. The number of hydrogen-bond donors (Lipinski definition) is 0. The first kappa shape index (κ1) is 23.2. The minimum absolute atomic E-state index is 0.00280. The zero-order valence-corrected chi connectivity index (χ0v) is 22.8. The highest BCUT2D eigenvalue weighted by atomic mass is 14.7. The van der Waals surface area contributed by atoms with Gasteiger partial charge in [0.2, 0.25) is 0 Å². The van der Waals surface area contributed by atoms with Gasteiger partial charge in [0.05, 0.1) is 11.4 Å². The highest BCUT2D eigenvalue weighted by Crippen LogP contribution is 2.49. The maximum atomic E-state index is 5.10. The van der Waals surface area contributed by atoms with Gasteiger partial charge in [0.15, 0.2) is 0 Å². The van der Waals surface area contributed by atoms with Crippen molar-refractivity contribution in [2.45, 2.75) is 25.7 Å². The summed E-state index contributed by atoms with van der Waals surface area (Å²) in [6, 6.07) is 46.5. The topological polar surface area (TPSA) is 12.9 Å². The van der Waals surface area contributed by atoms with Gasteiger partial charge in [-0.15, -0.1) is 0 Å². The first-order chi connectivity index (χ1) is 19.6. The van der Waals surface area contributed by atoms with Crippen LogP contribution < -0.4 is 0 Å². The third kappa shape index (κ3) is 3.44. The summed E-state index contributed by atoms with van der Waals surface area (Å²) in [5.41, 5.74) is 17.9. The fourth-order valence-corrected chi connectivity index (χ4v) is 6.87. The zero-order valence-electron chi connectivity index (χ0n) is 22.8. The van der Waals surface area contributed by atoms with E-state index in [0.717, 1.165) is 17.7 Å². The van der Waals surface area contributed by atoms with Crippen molar-refractivity contribution >= 4 is 0 Å². The van der Waals surface area contributed by atoms with Gasteiger partial charge < -0.3 is 0 Å². The largest absolute Gasteiger partial charge is 0.252 e. The standard InChI is InChI=1S/C39H29N/c1-39(2)35-17-7-6-14-31(35)32-19-18-27(23-36(32)39)26-12-8-13-28(22-26)29-15-9-16-30-33-20-21-37(25-10-4-3-5-11-25)40-38(33)24-34(29)30/h3-23H,24H2,1-2H3. The second-order valence-electron chi connectivity index (χ2n) is 11.6. The summed E-state index contributed by atoms with van der Waals surface area (Å²) in [5.74, 6) is 0. The zero-order chi connectivity index (χ0) is 26.8. The minimum atomic E-state index is -0.00280. The second kappa shape index (κ2) is 8.63. The van der Waals surface area contributed by atoms with Crippen LogP contribution in [0, 0.1) is 0 Å². The van der Waals surface area contributed by atoms with Crippen molar-refractivity contribution < 1.29 is 0 Å². The van der Waals surface area contributed by atoms with E-state index in [0.29, 0.717) is 0 Å². The first-order valence-corrected chi connectivity index (χ1v) is 14.1. The van der Waals surface area contributed by atoms with Crippen LogP contribution in [0.2, 0.25) is 0 Å². The van der Waals surface area contributed by atoms with Crippen molar-refractivity contribution in [3.8, 4) is 55.8 Å². The van der Waals surface area contributed by atoms with E-state index >= 15 is 0 Å². The van der Waals surface area contributed by atoms with Crippen LogP contribution in [-0.2, 0) is 11.8 Å². The van der Waals surface area contributed by atoms with Gasteiger partial charge in [0.1, 0.15) is 0 Å². The monoisotopic (exact) mass is 511 g/mol. The summed E-state index contributed by atoms with van der Waals surface area (Å²) in [6.07, 6.45) is 0.858. The molecule has 1 heterocycles. The molecule has 1 heteroatoms. The van der Waals surface area contributed by atoms with Crippen LogP contribution in [0.1, 0.15) is 36.2 Å². The van der Waals surface area contributed by atoms with E-state index < -0.39 is 0 Å². The number of fused-ring (bicyclic) bond motifs is 6. The Bertz CT molecular complexity index is 1940. The molecule has 0 atom stereocenters. The smallest absolute Gasteiger partial charge is 0.0705 e. The van der Waals surface area contributed by atoms with Crippen LogP contribution in [0.15, 0.2) is 127 Å². The summed E-state index contributed by atoms with van der Waals surface area (Å²) < 4.78 is 0. The predicted octanol–water partition coefficient (Wildman–Crippen LogP) is 9.96. The Balaban J connectivity index is 1.18. The average Bonchev–Trinajstić information content (AvgIpc) is 3.49. The molecule has 0 N–H and O–H groups in total. The van der Waals surface area contributed by atoms with E-state index in [-0.39, 0.29) is 5.41 Å². The van der Waals surface area contributed by atoms with Gasteiger partial charge >= 0.3 is 0 Å². The van der Waals surface area contributed by atoms with Gasteiger partial charge in [-0.3, -0.25) is 4.98 Å². The normalized spacial score (nSPS) is 13.8. The van der Waals surface area contributed by atoms with Crippen molar-refractivity contribution in [3.63, 3.8) is 0 Å². The highest BCUT2D eigenvalue weighted by molar-refractivity contribution is 5.87. The molecule has 5 aromatic carbocycles. The molecule has 1 nitrogen and oxygen atoms in total. The predicted molar refractivity (Wildman–Crippen MR) is 166 cm³/mol. The molecule has 0 fully saturated rings. The number of aromatic nitrogens is 1. The van der Waals surface area contributed by atoms with E-state index in [1.165, 1.54) is 66.9 Å². The van der Waals surface area contributed by atoms with Crippen LogP contribution in [0.25, 0.3) is 55.8 Å².